The minimum atomic E-state index is -2.97. The molecule has 0 aliphatic rings. The molecule has 0 fully saturated rings. The number of aromatic nitrogens is 2. The van der Waals surface area contributed by atoms with Crippen molar-refractivity contribution < 1.29 is 13.2 Å². The number of rotatable bonds is 6. The average Bonchev–Trinajstić information content (AvgIpc) is 2.21. The Morgan fingerprint density at radius 2 is 2.11 bits per heavy atom. The molecule has 0 unspecified atom stereocenters. The van der Waals surface area contributed by atoms with Crippen molar-refractivity contribution in [2.24, 2.45) is 0 Å². The van der Waals surface area contributed by atoms with Gasteiger partial charge < -0.3 is 10.5 Å². The van der Waals surface area contributed by atoms with Gasteiger partial charge in [-0.15, -0.1) is 11.8 Å². The third kappa shape index (κ3) is 5.09. The summed E-state index contributed by atoms with van der Waals surface area (Å²) in [6.07, 6.45) is 2.53. The molecule has 1 rings (SSSR count). The lowest BCUT2D eigenvalue weighted by atomic mass is 10.4. The van der Waals surface area contributed by atoms with E-state index in [1.165, 1.54) is 24.3 Å². The maximum Gasteiger partial charge on any atom is 0.241 e. The van der Waals surface area contributed by atoms with Crippen LogP contribution in [0.3, 0.4) is 0 Å². The Balaban J connectivity index is 2.72. The Hall–Kier alpha value is -1.02. The van der Waals surface area contributed by atoms with E-state index in [0.29, 0.717) is 22.3 Å². The molecule has 0 bridgehead atoms. The summed E-state index contributed by atoms with van der Waals surface area (Å²) in [6.45, 7) is 3.75. The highest BCUT2D eigenvalue weighted by Crippen LogP contribution is 2.29. The van der Waals surface area contributed by atoms with Crippen molar-refractivity contribution in [3.05, 3.63) is 6.33 Å². The minimum Gasteiger partial charge on any atom is -0.473 e. The van der Waals surface area contributed by atoms with Crippen LogP contribution in [-0.4, -0.2) is 42.3 Å². The molecule has 0 amide bonds. The molecule has 6 nitrogen and oxygen atoms in total. The molecule has 0 aliphatic carbocycles. The first-order valence-electron chi connectivity index (χ1n) is 5.37. The fourth-order valence-electron chi connectivity index (χ4n) is 1.09. The van der Waals surface area contributed by atoms with Crippen LogP contribution >= 0.6 is 11.8 Å². The molecular formula is C10H17N3O3S2. The number of nitrogens with two attached hydrogens (primary N) is 1. The van der Waals surface area contributed by atoms with Crippen LogP contribution in [0.1, 0.15) is 13.8 Å². The third-order valence-corrected chi connectivity index (χ3v) is 4.06. The quantitative estimate of drug-likeness (QED) is 0.616. The third-order valence-electron chi connectivity index (χ3n) is 1.85. The van der Waals surface area contributed by atoms with Crippen LogP contribution in [0.5, 0.6) is 5.88 Å². The zero-order valence-electron chi connectivity index (χ0n) is 10.6. The van der Waals surface area contributed by atoms with Crippen molar-refractivity contribution in [2.45, 2.75) is 25.0 Å². The van der Waals surface area contributed by atoms with Gasteiger partial charge in [-0.1, -0.05) is 0 Å². The Bertz CT molecular complexity index is 503. The second kappa shape index (κ2) is 6.24. The second-order valence-electron chi connectivity index (χ2n) is 4.04. The standard InChI is InChI=1S/C10H17N3O3S2/c1-7(2)16-9-8(11)10(13-6-12-9)17-4-5-18(3,14)15/h6-7H,4-5,11H2,1-3H3. The van der Waals surface area contributed by atoms with Gasteiger partial charge >= 0.3 is 0 Å². The molecule has 18 heavy (non-hydrogen) atoms. The largest absolute Gasteiger partial charge is 0.473 e. The average molecular weight is 291 g/mol. The van der Waals surface area contributed by atoms with Crippen LogP contribution in [0.4, 0.5) is 5.69 Å². The maximum absolute atomic E-state index is 11.0. The van der Waals surface area contributed by atoms with Gasteiger partial charge in [0.25, 0.3) is 0 Å². The Morgan fingerprint density at radius 1 is 1.44 bits per heavy atom. The number of anilines is 1. The highest BCUT2D eigenvalue weighted by molar-refractivity contribution is 8.00. The van der Waals surface area contributed by atoms with Gasteiger partial charge in [0.15, 0.2) is 0 Å². The van der Waals surface area contributed by atoms with Crippen molar-refractivity contribution in [1.82, 2.24) is 9.97 Å². The van der Waals surface area contributed by atoms with Gasteiger partial charge in [0, 0.05) is 12.0 Å². The van der Waals surface area contributed by atoms with E-state index in [2.05, 4.69) is 9.97 Å². The van der Waals surface area contributed by atoms with Crippen LogP contribution < -0.4 is 10.5 Å². The summed E-state index contributed by atoms with van der Waals surface area (Å²) < 4.78 is 27.5. The second-order valence-corrected chi connectivity index (χ2v) is 7.39. The number of sulfone groups is 1. The van der Waals surface area contributed by atoms with E-state index in [4.69, 9.17) is 10.5 Å². The first-order chi connectivity index (χ1) is 8.29. The predicted molar refractivity (Wildman–Crippen MR) is 72.6 cm³/mol. The molecule has 0 saturated heterocycles. The maximum atomic E-state index is 11.0. The van der Waals surface area contributed by atoms with Crippen molar-refractivity contribution in [2.75, 3.05) is 23.5 Å². The molecule has 8 heteroatoms. The summed E-state index contributed by atoms with van der Waals surface area (Å²) in [5.41, 5.74) is 6.21. The minimum absolute atomic E-state index is 0.0314. The normalized spacial score (nSPS) is 11.8. The van der Waals surface area contributed by atoms with Crippen molar-refractivity contribution >= 4 is 27.3 Å². The van der Waals surface area contributed by atoms with Gasteiger partial charge in [0.05, 0.1) is 11.9 Å². The summed E-state index contributed by atoms with van der Waals surface area (Å²) >= 11 is 1.28. The summed E-state index contributed by atoms with van der Waals surface area (Å²) in [7, 11) is -2.97. The number of thioether (sulfide) groups is 1. The number of hydrogen-bond acceptors (Lipinski definition) is 7. The van der Waals surface area contributed by atoms with Gasteiger partial charge in [0.1, 0.15) is 26.9 Å². The van der Waals surface area contributed by atoms with Gasteiger partial charge in [-0.3, -0.25) is 0 Å². The van der Waals surface area contributed by atoms with Gasteiger partial charge in [-0.2, -0.15) is 4.98 Å². The number of nitrogen functional groups attached to an aromatic ring is 1. The summed E-state index contributed by atoms with van der Waals surface area (Å²) in [6, 6.07) is 0. The van der Waals surface area contributed by atoms with Crippen LogP contribution in [-0.2, 0) is 9.84 Å². The topological polar surface area (TPSA) is 95.2 Å². The Labute approximate surface area is 111 Å². The fourth-order valence-corrected chi connectivity index (χ4v) is 3.19. The number of nitrogens with zero attached hydrogens (tertiary/aromatic N) is 2. The van der Waals surface area contributed by atoms with Crippen molar-refractivity contribution in [3.8, 4) is 5.88 Å². The van der Waals surface area contributed by atoms with Crippen LogP contribution in [0.2, 0.25) is 0 Å². The smallest absolute Gasteiger partial charge is 0.241 e. The molecule has 1 aromatic heterocycles. The highest BCUT2D eigenvalue weighted by Gasteiger charge is 2.12. The zero-order chi connectivity index (χ0) is 13.8. The molecule has 0 spiro atoms. The van der Waals surface area contributed by atoms with Crippen LogP contribution in [0.15, 0.2) is 11.4 Å². The molecule has 0 radical (unpaired) electrons. The molecule has 0 atom stereocenters. The molecule has 1 heterocycles. The molecule has 1 aromatic rings. The summed E-state index contributed by atoms with van der Waals surface area (Å²) in [5.74, 6) is 0.824. The lowest BCUT2D eigenvalue weighted by molar-refractivity contribution is 0.233. The van der Waals surface area contributed by atoms with Crippen molar-refractivity contribution in [3.63, 3.8) is 0 Å². The van der Waals surface area contributed by atoms with E-state index < -0.39 is 9.84 Å². The Kier molecular flexibility index (Phi) is 5.21. The zero-order valence-corrected chi connectivity index (χ0v) is 12.2. The number of hydrogen-bond donors (Lipinski definition) is 1. The molecule has 102 valence electrons. The summed E-state index contributed by atoms with van der Waals surface area (Å²) in [5, 5.41) is 0.546. The van der Waals surface area contributed by atoms with Crippen LogP contribution in [0, 0.1) is 0 Å². The molecule has 2 N–H and O–H groups in total. The number of ether oxygens (including phenoxy) is 1. The summed E-state index contributed by atoms with van der Waals surface area (Å²) in [4.78, 5) is 7.96. The van der Waals surface area contributed by atoms with Gasteiger partial charge in [-0.05, 0) is 13.8 Å². The first kappa shape index (κ1) is 15.0. The lowest BCUT2D eigenvalue weighted by Gasteiger charge is -2.12. The van der Waals surface area contributed by atoms with E-state index in [9.17, 15) is 8.42 Å². The Morgan fingerprint density at radius 3 is 2.67 bits per heavy atom. The molecule has 0 saturated carbocycles. The first-order valence-corrected chi connectivity index (χ1v) is 8.42. The molecule has 0 aromatic carbocycles. The monoisotopic (exact) mass is 291 g/mol. The van der Waals surface area contributed by atoms with Gasteiger partial charge in [0.2, 0.25) is 5.88 Å². The van der Waals surface area contributed by atoms with Crippen molar-refractivity contribution in [1.29, 1.82) is 0 Å². The van der Waals surface area contributed by atoms with E-state index in [1.807, 2.05) is 13.8 Å². The SMILES string of the molecule is CC(C)Oc1ncnc(SCCS(C)(=O)=O)c1N. The molecular weight excluding hydrogens is 274 g/mol. The van der Waals surface area contributed by atoms with E-state index in [-0.39, 0.29) is 11.9 Å². The van der Waals surface area contributed by atoms with E-state index in [0.717, 1.165) is 0 Å². The van der Waals surface area contributed by atoms with Gasteiger partial charge in [-0.25, -0.2) is 13.4 Å². The lowest BCUT2D eigenvalue weighted by Crippen LogP contribution is -2.10. The fraction of sp³-hybridized carbons (Fsp3) is 0.600. The predicted octanol–water partition coefficient (Wildman–Crippen LogP) is 0.983. The molecule has 0 aliphatic heterocycles. The van der Waals surface area contributed by atoms with E-state index >= 15 is 0 Å². The van der Waals surface area contributed by atoms with E-state index in [1.54, 1.807) is 0 Å². The van der Waals surface area contributed by atoms with Crippen LogP contribution in [0.25, 0.3) is 0 Å². The highest BCUT2D eigenvalue weighted by atomic mass is 32.2.